The molecule has 0 aliphatic rings. The van der Waals surface area contributed by atoms with Crippen molar-refractivity contribution in [3.8, 4) is 6.07 Å². The molecule has 21 heavy (non-hydrogen) atoms. The van der Waals surface area contributed by atoms with Crippen molar-refractivity contribution in [3.63, 3.8) is 0 Å². The van der Waals surface area contributed by atoms with Gasteiger partial charge in [0.2, 0.25) is 10.0 Å². The van der Waals surface area contributed by atoms with E-state index >= 15 is 0 Å². The second-order valence-electron chi connectivity index (χ2n) is 5.11. The molecular weight excluding hydrogens is 294 g/mol. The van der Waals surface area contributed by atoms with Crippen molar-refractivity contribution in [3.05, 3.63) is 33.4 Å². The Hall–Kier alpha value is -1.98. The van der Waals surface area contributed by atoms with Crippen molar-refractivity contribution in [1.82, 2.24) is 4.72 Å². The zero-order chi connectivity index (χ0) is 16.4. The van der Waals surface area contributed by atoms with Crippen LogP contribution in [0.2, 0.25) is 0 Å². The molecular formula is C13H17N3O4S. The van der Waals surface area contributed by atoms with Gasteiger partial charge in [-0.25, -0.2) is 8.42 Å². The van der Waals surface area contributed by atoms with Crippen LogP contribution < -0.4 is 4.72 Å². The highest BCUT2D eigenvalue weighted by Gasteiger charge is 2.26. The summed E-state index contributed by atoms with van der Waals surface area (Å²) in [5.41, 5.74) is 0.632. The standard InChI is InChI=1S/C13H17N3O4S/c1-8(2)12(7-14)15-21(19,20)13-6-11(16(17)18)5-9(3)10(13)4/h5-6,8,12,15H,1-4H3. The summed E-state index contributed by atoms with van der Waals surface area (Å²) in [5, 5.41) is 19.9. The number of sulfonamides is 1. The summed E-state index contributed by atoms with van der Waals surface area (Å²) < 4.78 is 27.0. The van der Waals surface area contributed by atoms with Gasteiger partial charge in [0.25, 0.3) is 5.69 Å². The van der Waals surface area contributed by atoms with Gasteiger partial charge in [0.05, 0.1) is 15.9 Å². The summed E-state index contributed by atoms with van der Waals surface area (Å²) in [6.07, 6.45) is 0. The summed E-state index contributed by atoms with van der Waals surface area (Å²) in [5.74, 6) is -0.218. The fourth-order valence-electron chi connectivity index (χ4n) is 1.74. The molecule has 0 aromatic heterocycles. The molecule has 1 unspecified atom stereocenters. The van der Waals surface area contributed by atoms with Crippen LogP contribution in [0.15, 0.2) is 17.0 Å². The average Bonchev–Trinajstić information content (AvgIpc) is 2.38. The van der Waals surface area contributed by atoms with Crippen LogP contribution in [0.5, 0.6) is 0 Å². The molecule has 8 heteroatoms. The maximum atomic E-state index is 12.4. The molecule has 0 saturated carbocycles. The van der Waals surface area contributed by atoms with E-state index in [2.05, 4.69) is 4.72 Å². The average molecular weight is 311 g/mol. The van der Waals surface area contributed by atoms with E-state index in [1.807, 2.05) is 6.07 Å². The minimum atomic E-state index is -4.00. The Morgan fingerprint density at radius 1 is 1.33 bits per heavy atom. The van der Waals surface area contributed by atoms with Crippen LogP contribution in [0, 0.1) is 41.2 Å². The molecule has 1 N–H and O–H groups in total. The highest BCUT2D eigenvalue weighted by Crippen LogP contribution is 2.25. The molecule has 1 rings (SSSR count). The highest BCUT2D eigenvalue weighted by molar-refractivity contribution is 7.89. The van der Waals surface area contributed by atoms with E-state index in [1.165, 1.54) is 6.07 Å². The number of benzene rings is 1. The van der Waals surface area contributed by atoms with Gasteiger partial charge in [-0.05, 0) is 30.9 Å². The molecule has 1 atom stereocenters. The van der Waals surface area contributed by atoms with Gasteiger partial charge in [-0.15, -0.1) is 0 Å². The quantitative estimate of drug-likeness (QED) is 0.660. The molecule has 0 heterocycles. The Morgan fingerprint density at radius 2 is 1.90 bits per heavy atom. The van der Waals surface area contributed by atoms with E-state index in [0.717, 1.165) is 6.07 Å². The first-order valence-electron chi connectivity index (χ1n) is 6.27. The lowest BCUT2D eigenvalue weighted by molar-refractivity contribution is -0.385. The summed E-state index contributed by atoms with van der Waals surface area (Å²) in [4.78, 5) is 10.1. The Labute approximate surface area is 123 Å². The highest BCUT2D eigenvalue weighted by atomic mass is 32.2. The smallest absolute Gasteiger partial charge is 0.258 e. The van der Waals surface area contributed by atoms with Gasteiger partial charge in [-0.3, -0.25) is 10.1 Å². The first kappa shape index (κ1) is 17.1. The SMILES string of the molecule is Cc1cc([N+](=O)[O-])cc(S(=O)(=O)NC(C#N)C(C)C)c1C. The molecule has 7 nitrogen and oxygen atoms in total. The maximum absolute atomic E-state index is 12.4. The molecule has 0 saturated heterocycles. The number of hydrogen-bond donors (Lipinski definition) is 1. The van der Waals surface area contributed by atoms with E-state index in [0.29, 0.717) is 11.1 Å². The van der Waals surface area contributed by atoms with Crippen LogP contribution in [-0.4, -0.2) is 19.4 Å². The van der Waals surface area contributed by atoms with Crippen molar-refractivity contribution in [1.29, 1.82) is 5.26 Å². The van der Waals surface area contributed by atoms with E-state index in [-0.39, 0.29) is 16.5 Å². The van der Waals surface area contributed by atoms with Gasteiger partial charge in [0, 0.05) is 12.1 Å². The van der Waals surface area contributed by atoms with Crippen molar-refractivity contribution in [2.75, 3.05) is 0 Å². The predicted octanol–water partition coefficient (Wildman–Crippen LogP) is 2.04. The molecule has 0 amide bonds. The summed E-state index contributed by atoms with van der Waals surface area (Å²) >= 11 is 0. The van der Waals surface area contributed by atoms with Gasteiger partial charge in [-0.1, -0.05) is 13.8 Å². The molecule has 0 aliphatic heterocycles. The van der Waals surface area contributed by atoms with Crippen LogP contribution in [0.25, 0.3) is 0 Å². The predicted molar refractivity (Wildman–Crippen MR) is 77.1 cm³/mol. The van der Waals surface area contributed by atoms with Crippen molar-refractivity contribution >= 4 is 15.7 Å². The van der Waals surface area contributed by atoms with E-state index in [1.54, 1.807) is 27.7 Å². The van der Waals surface area contributed by atoms with Crippen LogP contribution in [0.3, 0.4) is 0 Å². The fourth-order valence-corrected chi connectivity index (χ4v) is 3.36. The molecule has 114 valence electrons. The monoisotopic (exact) mass is 311 g/mol. The van der Waals surface area contributed by atoms with Crippen molar-refractivity contribution in [2.24, 2.45) is 5.92 Å². The number of non-ortho nitro benzene ring substituents is 1. The summed E-state index contributed by atoms with van der Waals surface area (Å²) in [6, 6.07) is 3.31. The van der Waals surface area contributed by atoms with Crippen molar-refractivity contribution in [2.45, 2.75) is 38.6 Å². The Balaban J connectivity index is 3.38. The first-order chi connectivity index (χ1) is 9.60. The summed E-state index contributed by atoms with van der Waals surface area (Å²) in [6.45, 7) is 6.60. The van der Waals surface area contributed by atoms with E-state index in [9.17, 15) is 18.5 Å². The van der Waals surface area contributed by atoms with E-state index < -0.39 is 21.0 Å². The third kappa shape index (κ3) is 3.77. The molecule has 0 aliphatic carbocycles. The Bertz CT molecular complexity index is 705. The van der Waals surface area contributed by atoms with Gasteiger partial charge >= 0.3 is 0 Å². The number of nitro groups is 1. The van der Waals surface area contributed by atoms with Crippen molar-refractivity contribution < 1.29 is 13.3 Å². The summed E-state index contributed by atoms with van der Waals surface area (Å²) in [7, 11) is -4.00. The molecule has 1 aromatic rings. The van der Waals surface area contributed by atoms with Crippen LogP contribution in [-0.2, 0) is 10.0 Å². The Kier molecular flexibility index (Phi) is 5.04. The number of hydrogen-bond acceptors (Lipinski definition) is 5. The van der Waals surface area contributed by atoms with Gasteiger partial charge in [0.15, 0.2) is 0 Å². The zero-order valence-corrected chi connectivity index (χ0v) is 13.1. The van der Waals surface area contributed by atoms with Gasteiger partial charge in [0.1, 0.15) is 6.04 Å². The second kappa shape index (κ2) is 6.20. The molecule has 0 fully saturated rings. The third-order valence-electron chi connectivity index (χ3n) is 3.19. The normalized spacial score (nSPS) is 13.0. The lowest BCUT2D eigenvalue weighted by Crippen LogP contribution is -2.37. The molecule has 0 spiro atoms. The minimum absolute atomic E-state index is 0.171. The fraction of sp³-hybridized carbons (Fsp3) is 0.462. The molecule has 0 radical (unpaired) electrons. The zero-order valence-electron chi connectivity index (χ0n) is 12.2. The van der Waals surface area contributed by atoms with Crippen LogP contribution in [0.4, 0.5) is 5.69 Å². The number of rotatable bonds is 5. The largest absolute Gasteiger partial charge is 0.271 e. The van der Waals surface area contributed by atoms with Gasteiger partial charge in [-0.2, -0.15) is 9.98 Å². The van der Waals surface area contributed by atoms with Gasteiger partial charge < -0.3 is 0 Å². The number of nitrogens with zero attached hydrogens (tertiary/aromatic N) is 2. The third-order valence-corrected chi connectivity index (χ3v) is 4.76. The minimum Gasteiger partial charge on any atom is -0.258 e. The topological polar surface area (TPSA) is 113 Å². The maximum Gasteiger partial charge on any atom is 0.271 e. The molecule has 1 aromatic carbocycles. The van der Waals surface area contributed by atoms with E-state index in [4.69, 9.17) is 5.26 Å². The number of nitro benzene ring substituents is 1. The Morgan fingerprint density at radius 3 is 2.33 bits per heavy atom. The second-order valence-corrected chi connectivity index (χ2v) is 6.80. The first-order valence-corrected chi connectivity index (χ1v) is 7.76. The number of nitriles is 1. The lowest BCUT2D eigenvalue weighted by atomic mass is 10.1. The lowest BCUT2D eigenvalue weighted by Gasteiger charge is -2.16. The number of aryl methyl sites for hydroxylation is 1. The van der Waals surface area contributed by atoms with Crippen LogP contribution >= 0.6 is 0 Å². The van der Waals surface area contributed by atoms with Crippen LogP contribution in [0.1, 0.15) is 25.0 Å². The molecule has 0 bridgehead atoms. The number of nitrogens with one attached hydrogen (secondary N) is 1.